The van der Waals surface area contributed by atoms with Crippen LogP contribution in [-0.4, -0.2) is 52.0 Å². The molecule has 0 atom stereocenters. The minimum Gasteiger partial charge on any atom is -0.465 e. The highest BCUT2D eigenvalue weighted by atomic mass is 35.5. The van der Waals surface area contributed by atoms with Crippen molar-refractivity contribution in [2.45, 2.75) is 6.54 Å². The van der Waals surface area contributed by atoms with E-state index in [1.54, 1.807) is 36.4 Å². The lowest BCUT2D eigenvalue weighted by Crippen LogP contribution is -2.51. The van der Waals surface area contributed by atoms with Crippen molar-refractivity contribution < 1.29 is 17.9 Å². The minimum absolute atomic E-state index is 0. The molecule has 1 aliphatic rings. The van der Waals surface area contributed by atoms with Gasteiger partial charge in [0.15, 0.2) is 0 Å². The summed E-state index contributed by atoms with van der Waals surface area (Å²) in [4.78, 5) is 11.6. The van der Waals surface area contributed by atoms with E-state index in [0.717, 1.165) is 5.56 Å². The van der Waals surface area contributed by atoms with Crippen molar-refractivity contribution in [3.8, 4) is 0 Å². The van der Waals surface area contributed by atoms with Crippen LogP contribution < -0.4 is 9.62 Å². The number of hydrogen-bond acceptors (Lipinski definition) is 5. The Balaban J connectivity index is 0.00000280. The molecule has 2 aromatic carbocycles. The number of nitrogens with zero attached hydrogens (tertiary/aromatic N) is 2. The third-order valence-electron chi connectivity index (χ3n) is 4.43. The Hall–Kier alpha value is -2.13. The number of carbonyl (C=O) groups is 1. The van der Waals surface area contributed by atoms with Crippen molar-refractivity contribution in [3.63, 3.8) is 0 Å². The van der Waals surface area contributed by atoms with Crippen LogP contribution in [0.4, 0.5) is 5.69 Å². The van der Waals surface area contributed by atoms with Gasteiger partial charge in [-0.05, 0) is 29.8 Å². The number of anilines is 1. The zero-order valence-corrected chi connectivity index (χ0v) is 17.2. The van der Waals surface area contributed by atoms with E-state index >= 15 is 0 Å². The predicted molar refractivity (Wildman–Crippen MR) is 111 cm³/mol. The van der Waals surface area contributed by atoms with Crippen molar-refractivity contribution >= 4 is 34.3 Å². The van der Waals surface area contributed by atoms with Crippen molar-refractivity contribution in [2.75, 3.05) is 37.6 Å². The van der Waals surface area contributed by atoms with Gasteiger partial charge in [0.2, 0.25) is 0 Å². The van der Waals surface area contributed by atoms with Gasteiger partial charge in [-0.15, -0.1) is 12.4 Å². The SMILES string of the molecule is COC(=O)c1ccc(CN(c2ccccc2)S(=O)(=O)N2CCNCC2)cc1.Cl. The van der Waals surface area contributed by atoms with Crippen molar-refractivity contribution in [1.29, 1.82) is 0 Å². The fraction of sp³-hybridized carbons (Fsp3) is 0.316. The monoisotopic (exact) mass is 425 g/mol. The van der Waals surface area contributed by atoms with Crippen LogP contribution in [0.5, 0.6) is 0 Å². The molecule has 1 N–H and O–H groups in total. The van der Waals surface area contributed by atoms with Crippen LogP contribution in [0, 0.1) is 0 Å². The first-order valence-electron chi connectivity index (χ1n) is 8.73. The van der Waals surface area contributed by atoms with Gasteiger partial charge in [-0.1, -0.05) is 30.3 Å². The van der Waals surface area contributed by atoms with Crippen LogP contribution >= 0.6 is 12.4 Å². The van der Waals surface area contributed by atoms with Gasteiger partial charge in [-0.25, -0.2) is 4.79 Å². The van der Waals surface area contributed by atoms with E-state index < -0.39 is 16.2 Å². The smallest absolute Gasteiger partial charge is 0.337 e. The average Bonchev–Trinajstić information content (AvgIpc) is 2.73. The fourth-order valence-electron chi connectivity index (χ4n) is 2.94. The van der Waals surface area contributed by atoms with Gasteiger partial charge in [-0.2, -0.15) is 12.7 Å². The summed E-state index contributed by atoms with van der Waals surface area (Å²) in [7, 11) is -2.34. The lowest BCUT2D eigenvalue weighted by Gasteiger charge is -2.33. The van der Waals surface area contributed by atoms with E-state index in [-0.39, 0.29) is 19.0 Å². The van der Waals surface area contributed by atoms with Gasteiger partial charge in [0.1, 0.15) is 0 Å². The second-order valence-corrected chi connectivity index (χ2v) is 8.04. The first-order valence-corrected chi connectivity index (χ1v) is 10.1. The van der Waals surface area contributed by atoms with Crippen LogP contribution in [0.1, 0.15) is 15.9 Å². The molecule has 3 rings (SSSR count). The van der Waals surface area contributed by atoms with Crippen molar-refractivity contribution in [2.24, 2.45) is 0 Å². The van der Waals surface area contributed by atoms with Gasteiger partial charge in [0.25, 0.3) is 0 Å². The molecule has 0 saturated carbocycles. The van der Waals surface area contributed by atoms with E-state index in [0.29, 0.717) is 37.4 Å². The molecule has 0 spiro atoms. The van der Waals surface area contributed by atoms with Crippen LogP contribution in [0.25, 0.3) is 0 Å². The largest absolute Gasteiger partial charge is 0.465 e. The molecule has 1 fully saturated rings. The van der Waals surface area contributed by atoms with Crippen LogP contribution in [0.2, 0.25) is 0 Å². The topological polar surface area (TPSA) is 79.0 Å². The number of rotatable bonds is 6. The van der Waals surface area contributed by atoms with E-state index in [1.165, 1.54) is 15.7 Å². The number of hydrogen-bond donors (Lipinski definition) is 1. The summed E-state index contributed by atoms with van der Waals surface area (Å²) in [5.74, 6) is -0.421. The first kappa shape index (κ1) is 22.2. The highest BCUT2D eigenvalue weighted by Crippen LogP contribution is 2.23. The number of ether oxygens (including phenoxy) is 1. The molecule has 2 aromatic rings. The van der Waals surface area contributed by atoms with Gasteiger partial charge >= 0.3 is 16.2 Å². The Labute approximate surface area is 171 Å². The van der Waals surface area contributed by atoms with Gasteiger partial charge in [0.05, 0.1) is 24.9 Å². The summed E-state index contributed by atoms with van der Waals surface area (Å²) in [5, 5.41) is 3.17. The molecular weight excluding hydrogens is 402 g/mol. The molecule has 9 heteroatoms. The van der Waals surface area contributed by atoms with Crippen LogP contribution in [0.3, 0.4) is 0 Å². The second-order valence-electron chi connectivity index (χ2n) is 6.19. The normalized spacial score (nSPS) is 14.8. The molecule has 0 radical (unpaired) electrons. The number of piperazine rings is 1. The summed E-state index contributed by atoms with van der Waals surface area (Å²) in [6.07, 6.45) is 0. The molecule has 152 valence electrons. The van der Waals surface area contributed by atoms with Gasteiger partial charge < -0.3 is 10.1 Å². The molecule has 0 bridgehead atoms. The summed E-state index contributed by atoms with van der Waals surface area (Å²) in [6, 6.07) is 15.8. The number of benzene rings is 2. The van der Waals surface area contributed by atoms with Gasteiger partial charge in [-0.3, -0.25) is 4.31 Å². The first-order chi connectivity index (χ1) is 13.0. The summed E-state index contributed by atoms with van der Waals surface area (Å²) >= 11 is 0. The maximum Gasteiger partial charge on any atom is 0.337 e. The third-order valence-corrected chi connectivity index (χ3v) is 6.34. The Morgan fingerprint density at radius 2 is 1.68 bits per heavy atom. The molecule has 0 aliphatic carbocycles. The quantitative estimate of drug-likeness (QED) is 0.716. The molecule has 7 nitrogen and oxygen atoms in total. The van der Waals surface area contributed by atoms with Crippen LogP contribution in [0.15, 0.2) is 54.6 Å². The lowest BCUT2D eigenvalue weighted by atomic mass is 10.1. The molecular formula is C19H24ClN3O4S. The maximum absolute atomic E-state index is 13.3. The molecule has 0 amide bonds. The molecule has 1 saturated heterocycles. The minimum atomic E-state index is -3.67. The Bertz CT molecular complexity index is 870. The van der Waals surface area contributed by atoms with E-state index in [4.69, 9.17) is 4.74 Å². The number of nitrogens with one attached hydrogen (secondary N) is 1. The highest BCUT2D eigenvalue weighted by molar-refractivity contribution is 7.90. The van der Waals surface area contributed by atoms with E-state index in [1.807, 2.05) is 18.2 Å². The number of para-hydroxylation sites is 1. The zero-order valence-electron chi connectivity index (χ0n) is 15.6. The standard InChI is InChI=1S/C19H23N3O4S.ClH/c1-26-19(23)17-9-7-16(8-10-17)15-22(18-5-3-2-4-6-18)27(24,25)21-13-11-20-12-14-21;/h2-10,20H,11-15H2,1H3;1H. The molecule has 28 heavy (non-hydrogen) atoms. The predicted octanol–water partition coefficient (Wildman–Crippen LogP) is 2.05. The van der Waals surface area contributed by atoms with E-state index in [9.17, 15) is 13.2 Å². The number of methoxy groups -OCH3 is 1. The molecule has 1 heterocycles. The molecule has 0 unspecified atom stereocenters. The van der Waals surface area contributed by atoms with E-state index in [2.05, 4.69) is 5.32 Å². The van der Waals surface area contributed by atoms with Gasteiger partial charge in [0, 0.05) is 26.2 Å². The number of esters is 1. The number of halogens is 1. The third kappa shape index (κ3) is 5.02. The fourth-order valence-corrected chi connectivity index (χ4v) is 4.57. The number of carbonyl (C=O) groups excluding carboxylic acids is 1. The van der Waals surface area contributed by atoms with Crippen molar-refractivity contribution in [1.82, 2.24) is 9.62 Å². The highest BCUT2D eigenvalue weighted by Gasteiger charge is 2.31. The second kappa shape index (κ2) is 9.88. The molecule has 1 aliphatic heterocycles. The average molecular weight is 426 g/mol. The summed E-state index contributed by atoms with van der Waals surface area (Å²) in [5.41, 5.74) is 1.82. The Morgan fingerprint density at radius 1 is 1.07 bits per heavy atom. The van der Waals surface area contributed by atoms with Crippen molar-refractivity contribution in [3.05, 3.63) is 65.7 Å². The lowest BCUT2D eigenvalue weighted by molar-refractivity contribution is 0.0600. The summed E-state index contributed by atoms with van der Waals surface area (Å²) < 4.78 is 34.1. The summed E-state index contributed by atoms with van der Waals surface area (Å²) in [6.45, 7) is 2.32. The molecule has 0 aromatic heterocycles. The Morgan fingerprint density at radius 3 is 2.25 bits per heavy atom. The Kier molecular flexibility index (Phi) is 7.82. The zero-order chi connectivity index (χ0) is 19.3. The maximum atomic E-state index is 13.3. The van der Waals surface area contributed by atoms with Crippen LogP contribution in [-0.2, 0) is 21.5 Å².